The minimum Gasteiger partial charge on any atom is -0.467 e. The first-order valence-corrected chi connectivity index (χ1v) is 6.81. The molecule has 20 heavy (non-hydrogen) atoms. The molecule has 2 rings (SSSR count). The third-order valence-electron chi connectivity index (χ3n) is 3.19. The lowest BCUT2D eigenvalue weighted by atomic mass is 10.2. The summed E-state index contributed by atoms with van der Waals surface area (Å²) in [6, 6.07) is 8.90. The molecule has 1 aromatic heterocycles. The SMILES string of the molecule is CC(C)NCc1ccoc1CN(C)c1ccc(F)cc1. The van der Waals surface area contributed by atoms with Crippen molar-refractivity contribution in [2.45, 2.75) is 33.0 Å². The summed E-state index contributed by atoms with van der Waals surface area (Å²) in [5, 5.41) is 3.38. The number of hydrogen-bond acceptors (Lipinski definition) is 3. The quantitative estimate of drug-likeness (QED) is 0.874. The van der Waals surface area contributed by atoms with E-state index in [1.54, 1.807) is 18.4 Å². The molecular formula is C16H21FN2O. The van der Waals surface area contributed by atoms with E-state index >= 15 is 0 Å². The Bertz CT molecular complexity index is 534. The minimum absolute atomic E-state index is 0.220. The van der Waals surface area contributed by atoms with E-state index in [9.17, 15) is 4.39 Å². The van der Waals surface area contributed by atoms with Gasteiger partial charge in [0.05, 0.1) is 12.8 Å². The van der Waals surface area contributed by atoms with E-state index in [0.717, 1.165) is 23.6 Å². The van der Waals surface area contributed by atoms with Gasteiger partial charge in [0.25, 0.3) is 0 Å². The van der Waals surface area contributed by atoms with Gasteiger partial charge in [0.15, 0.2) is 0 Å². The molecule has 0 spiro atoms. The van der Waals surface area contributed by atoms with Crippen molar-refractivity contribution in [2.75, 3.05) is 11.9 Å². The molecule has 108 valence electrons. The van der Waals surface area contributed by atoms with Crippen LogP contribution in [0.2, 0.25) is 0 Å². The molecule has 0 unspecified atom stereocenters. The molecule has 0 bridgehead atoms. The maximum atomic E-state index is 12.9. The Morgan fingerprint density at radius 3 is 2.55 bits per heavy atom. The molecule has 0 aliphatic rings. The van der Waals surface area contributed by atoms with E-state index in [2.05, 4.69) is 19.2 Å². The van der Waals surface area contributed by atoms with Crippen LogP contribution in [0.3, 0.4) is 0 Å². The molecule has 4 heteroatoms. The number of nitrogens with zero attached hydrogens (tertiary/aromatic N) is 1. The van der Waals surface area contributed by atoms with Crippen LogP contribution >= 0.6 is 0 Å². The van der Waals surface area contributed by atoms with Crippen molar-refractivity contribution >= 4 is 5.69 Å². The monoisotopic (exact) mass is 276 g/mol. The largest absolute Gasteiger partial charge is 0.467 e. The van der Waals surface area contributed by atoms with Crippen molar-refractivity contribution in [3.8, 4) is 0 Å². The van der Waals surface area contributed by atoms with Gasteiger partial charge in [0.1, 0.15) is 11.6 Å². The molecule has 0 radical (unpaired) electrons. The second-order valence-electron chi connectivity index (χ2n) is 5.24. The Balaban J connectivity index is 2.02. The van der Waals surface area contributed by atoms with E-state index in [1.165, 1.54) is 12.1 Å². The van der Waals surface area contributed by atoms with Crippen LogP contribution in [0.25, 0.3) is 0 Å². The summed E-state index contributed by atoms with van der Waals surface area (Å²) in [5.74, 6) is 0.715. The van der Waals surface area contributed by atoms with E-state index in [4.69, 9.17) is 4.42 Å². The van der Waals surface area contributed by atoms with Gasteiger partial charge in [-0.15, -0.1) is 0 Å². The maximum absolute atomic E-state index is 12.9. The third kappa shape index (κ3) is 3.84. The molecule has 0 amide bonds. The first kappa shape index (κ1) is 14.6. The number of benzene rings is 1. The van der Waals surface area contributed by atoms with Crippen LogP contribution in [0.5, 0.6) is 0 Å². The summed E-state index contributed by atoms with van der Waals surface area (Å²) in [4.78, 5) is 2.04. The first-order chi connectivity index (χ1) is 9.56. The summed E-state index contributed by atoms with van der Waals surface area (Å²) >= 11 is 0. The lowest BCUT2D eigenvalue weighted by molar-refractivity contribution is 0.495. The van der Waals surface area contributed by atoms with Crippen LogP contribution in [0.15, 0.2) is 41.0 Å². The lowest BCUT2D eigenvalue weighted by Gasteiger charge is -2.19. The highest BCUT2D eigenvalue weighted by Crippen LogP contribution is 2.19. The predicted molar refractivity (Wildman–Crippen MR) is 79.2 cm³/mol. The van der Waals surface area contributed by atoms with Gasteiger partial charge in [-0.25, -0.2) is 4.39 Å². The van der Waals surface area contributed by atoms with Crippen LogP contribution in [0, 0.1) is 5.82 Å². The van der Waals surface area contributed by atoms with E-state index in [0.29, 0.717) is 12.6 Å². The topological polar surface area (TPSA) is 28.4 Å². The van der Waals surface area contributed by atoms with E-state index < -0.39 is 0 Å². The summed E-state index contributed by atoms with van der Waals surface area (Å²) in [6.45, 7) is 5.68. The van der Waals surface area contributed by atoms with Crippen LogP contribution in [0.1, 0.15) is 25.2 Å². The van der Waals surface area contributed by atoms with Gasteiger partial charge in [-0.2, -0.15) is 0 Å². The van der Waals surface area contributed by atoms with Gasteiger partial charge < -0.3 is 14.6 Å². The van der Waals surface area contributed by atoms with Gasteiger partial charge in [-0.05, 0) is 30.3 Å². The average molecular weight is 276 g/mol. The second-order valence-corrected chi connectivity index (χ2v) is 5.24. The number of nitrogens with one attached hydrogen (secondary N) is 1. The number of rotatable bonds is 6. The third-order valence-corrected chi connectivity index (χ3v) is 3.19. The van der Waals surface area contributed by atoms with Gasteiger partial charge in [-0.3, -0.25) is 0 Å². The predicted octanol–water partition coefficient (Wildman–Crippen LogP) is 3.55. The van der Waals surface area contributed by atoms with Crippen molar-refractivity contribution in [1.82, 2.24) is 5.32 Å². The molecule has 2 aromatic rings. The molecule has 1 heterocycles. The molecule has 0 aliphatic heterocycles. The van der Waals surface area contributed by atoms with Crippen LogP contribution < -0.4 is 10.2 Å². The Morgan fingerprint density at radius 2 is 1.90 bits per heavy atom. The van der Waals surface area contributed by atoms with Crippen LogP contribution in [-0.4, -0.2) is 13.1 Å². The van der Waals surface area contributed by atoms with Crippen molar-refractivity contribution in [3.05, 3.63) is 53.7 Å². The summed E-state index contributed by atoms with van der Waals surface area (Å²) in [7, 11) is 1.97. The second kappa shape index (κ2) is 6.57. The standard InChI is InChI=1S/C16H21FN2O/c1-12(2)18-10-13-8-9-20-16(13)11-19(3)15-6-4-14(17)5-7-15/h4-9,12,18H,10-11H2,1-3H3. The molecular weight excluding hydrogens is 255 g/mol. The summed E-state index contributed by atoms with van der Waals surface area (Å²) in [6.07, 6.45) is 1.71. The van der Waals surface area contributed by atoms with Crippen molar-refractivity contribution in [2.24, 2.45) is 0 Å². The van der Waals surface area contributed by atoms with E-state index in [-0.39, 0.29) is 5.82 Å². The Morgan fingerprint density at radius 1 is 1.20 bits per heavy atom. The molecule has 0 aliphatic carbocycles. The van der Waals surface area contributed by atoms with Gasteiger partial charge in [0, 0.05) is 30.9 Å². The molecule has 0 atom stereocenters. The normalized spacial score (nSPS) is 11.1. The fourth-order valence-corrected chi connectivity index (χ4v) is 1.98. The van der Waals surface area contributed by atoms with Crippen molar-refractivity contribution < 1.29 is 8.81 Å². The highest BCUT2D eigenvalue weighted by molar-refractivity contribution is 5.45. The molecule has 0 saturated heterocycles. The fourth-order valence-electron chi connectivity index (χ4n) is 1.98. The Hall–Kier alpha value is -1.81. The smallest absolute Gasteiger partial charge is 0.127 e. The number of furan rings is 1. The van der Waals surface area contributed by atoms with Gasteiger partial charge >= 0.3 is 0 Å². The first-order valence-electron chi connectivity index (χ1n) is 6.81. The summed E-state index contributed by atoms with van der Waals surface area (Å²) in [5.41, 5.74) is 2.12. The molecule has 1 aromatic carbocycles. The Kier molecular flexibility index (Phi) is 4.79. The van der Waals surface area contributed by atoms with Crippen molar-refractivity contribution in [1.29, 1.82) is 0 Å². The van der Waals surface area contributed by atoms with Crippen LogP contribution in [-0.2, 0) is 13.1 Å². The minimum atomic E-state index is -0.220. The fraction of sp³-hybridized carbons (Fsp3) is 0.375. The Labute approximate surface area is 119 Å². The number of halogens is 1. The molecule has 3 nitrogen and oxygen atoms in total. The molecule has 0 saturated carbocycles. The number of hydrogen-bond donors (Lipinski definition) is 1. The van der Waals surface area contributed by atoms with E-state index in [1.807, 2.05) is 18.0 Å². The summed E-state index contributed by atoms with van der Waals surface area (Å²) < 4.78 is 18.5. The molecule has 0 fully saturated rings. The van der Waals surface area contributed by atoms with Crippen LogP contribution in [0.4, 0.5) is 10.1 Å². The van der Waals surface area contributed by atoms with Crippen molar-refractivity contribution in [3.63, 3.8) is 0 Å². The maximum Gasteiger partial charge on any atom is 0.127 e. The van der Waals surface area contributed by atoms with Gasteiger partial charge in [-0.1, -0.05) is 13.8 Å². The average Bonchev–Trinajstić information content (AvgIpc) is 2.84. The molecule has 1 N–H and O–H groups in total. The zero-order chi connectivity index (χ0) is 14.5. The zero-order valence-corrected chi connectivity index (χ0v) is 12.2. The number of anilines is 1. The zero-order valence-electron chi connectivity index (χ0n) is 12.2. The van der Waals surface area contributed by atoms with Gasteiger partial charge in [0.2, 0.25) is 0 Å². The highest BCUT2D eigenvalue weighted by atomic mass is 19.1. The lowest BCUT2D eigenvalue weighted by Crippen LogP contribution is -2.23. The highest BCUT2D eigenvalue weighted by Gasteiger charge is 2.10.